The Morgan fingerprint density at radius 1 is 1.10 bits per heavy atom. The molecular weight excluding hydrogens is 404 g/mol. The molecule has 8 heteroatoms. The fraction of sp³-hybridized carbons (Fsp3) is 0.435. The Hall–Kier alpha value is -2.81. The van der Waals surface area contributed by atoms with Gasteiger partial charge in [-0.3, -0.25) is 0 Å². The summed E-state index contributed by atoms with van der Waals surface area (Å²) < 4.78 is 26.6. The van der Waals surface area contributed by atoms with Gasteiger partial charge in [-0.15, -0.1) is 0 Å². The molecule has 168 valence electrons. The zero-order valence-corrected chi connectivity index (χ0v) is 17.6. The van der Waals surface area contributed by atoms with E-state index in [1.807, 2.05) is 48.5 Å². The lowest BCUT2D eigenvalue weighted by Gasteiger charge is -2.36. The first kappa shape index (κ1) is 22.9. The number of benzene rings is 2. The molecule has 31 heavy (non-hydrogen) atoms. The van der Waals surface area contributed by atoms with E-state index in [2.05, 4.69) is 0 Å². The van der Waals surface area contributed by atoms with Gasteiger partial charge in [0.15, 0.2) is 0 Å². The van der Waals surface area contributed by atoms with Crippen molar-refractivity contribution in [1.29, 1.82) is 0 Å². The number of aliphatic hydroxyl groups excluding tert-OH is 2. The van der Waals surface area contributed by atoms with Crippen molar-refractivity contribution in [3.8, 4) is 11.5 Å². The van der Waals surface area contributed by atoms with Gasteiger partial charge in [0.25, 0.3) is 0 Å². The van der Waals surface area contributed by atoms with Crippen LogP contribution in [-0.4, -0.2) is 61.3 Å². The minimum Gasteiger partial charge on any atom is -0.497 e. The van der Waals surface area contributed by atoms with Crippen molar-refractivity contribution in [2.24, 2.45) is 0 Å². The molecule has 0 bridgehead atoms. The lowest BCUT2D eigenvalue weighted by atomic mass is 10.0. The molecule has 2 aromatic carbocycles. The molecule has 1 aliphatic rings. The van der Waals surface area contributed by atoms with Crippen LogP contribution in [0.3, 0.4) is 0 Å². The second-order valence-electron chi connectivity index (χ2n) is 7.14. The molecular formula is C23H28O8. The summed E-state index contributed by atoms with van der Waals surface area (Å²) in [5, 5.41) is 20.4. The van der Waals surface area contributed by atoms with Gasteiger partial charge in [-0.2, -0.15) is 0 Å². The monoisotopic (exact) mass is 432 g/mol. The van der Waals surface area contributed by atoms with Crippen molar-refractivity contribution < 1.29 is 38.7 Å². The number of aliphatic hydroxyl groups is 2. The third-order valence-corrected chi connectivity index (χ3v) is 4.95. The van der Waals surface area contributed by atoms with Crippen LogP contribution in [-0.2, 0) is 20.6 Å². The van der Waals surface area contributed by atoms with E-state index in [9.17, 15) is 15.0 Å². The number of ether oxygens (including phenoxy) is 5. The van der Waals surface area contributed by atoms with Crippen LogP contribution >= 0.6 is 0 Å². The van der Waals surface area contributed by atoms with E-state index < -0.39 is 30.8 Å². The quantitative estimate of drug-likeness (QED) is 0.614. The summed E-state index contributed by atoms with van der Waals surface area (Å²) in [7, 11) is 1.62. The summed E-state index contributed by atoms with van der Waals surface area (Å²) in [5.74, 6) is 1.39. The van der Waals surface area contributed by atoms with Crippen LogP contribution in [0.5, 0.6) is 11.5 Å². The van der Waals surface area contributed by atoms with Gasteiger partial charge in [-0.25, -0.2) is 4.79 Å². The fourth-order valence-electron chi connectivity index (χ4n) is 3.31. The van der Waals surface area contributed by atoms with Gasteiger partial charge < -0.3 is 33.9 Å². The molecule has 1 saturated heterocycles. The van der Waals surface area contributed by atoms with Crippen molar-refractivity contribution in [2.75, 3.05) is 20.3 Å². The molecule has 2 aromatic rings. The molecule has 0 aliphatic carbocycles. The fourth-order valence-corrected chi connectivity index (χ4v) is 3.31. The highest BCUT2D eigenvalue weighted by atomic mass is 16.7. The summed E-state index contributed by atoms with van der Waals surface area (Å²) in [6, 6.07) is 15.3. The molecule has 1 heterocycles. The summed E-state index contributed by atoms with van der Waals surface area (Å²) in [6.45, 7) is 1.57. The van der Waals surface area contributed by atoms with E-state index in [0.717, 1.165) is 16.9 Å². The zero-order valence-electron chi connectivity index (χ0n) is 17.6. The van der Waals surface area contributed by atoms with E-state index in [0.29, 0.717) is 12.2 Å². The van der Waals surface area contributed by atoms with Crippen molar-refractivity contribution in [2.45, 2.75) is 44.4 Å². The SMILES string of the molecule is CCOC(=O)OCC1OC(Oc2ccccc2Cc2ccc(OC)cc2)CC(O)C1O. The third-order valence-electron chi connectivity index (χ3n) is 4.95. The normalized spacial score (nSPS) is 23.1. The van der Waals surface area contributed by atoms with Gasteiger partial charge >= 0.3 is 6.16 Å². The molecule has 0 aromatic heterocycles. The van der Waals surface area contributed by atoms with Crippen LogP contribution < -0.4 is 9.47 Å². The van der Waals surface area contributed by atoms with Crippen LogP contribution in [0, 0.1) is 0 Å². The van der Waals surface area contributed by atoms with E-state index >= 15 is 0 Å². The first-order valence-corrected chi connectivity index (χ1v) is 10.2. The lowest BCUT2D eigenvalue weighted by Crippen LogP contribution is -2.51. The van der Waals surface area contributed by atoms with E-state index in [1.54, 1.807) is 14.0 Å². The van der Waals surface area contributed by atoms with Gasteiger partial charge in [-0.05, 0) is 36.2 Å². The minimum absolute atomic E-state index is 0.0773. The van der Waals surface area contributed by atoms with Gasteiger partial charge in [0.05, 0.1) is 19.8 Å². The molecule has 0 saturated carbocycles. The number of hydrogen-bond acceptors (Lipinski definition) is 8. The molecule has 2 N–H and O–H groups in total. The Morgan fingerprint density at radius 3 is 2.55 bits per heavy atom. The van der Waals surface area contributed by atoms with Gasteiger partial charge in [-0.1, -0.05) is 30.3 Å². The molecule has 1 fully saturated rings. The largest absolute Gasteiger partial charge is 0.508 e. The molecule has 4 unspecified atom stereocenters. The van der Waals surface area contributed by atoms with Gasteiger partial charge in [0.1, 0.15) is 30.3 Å². The molecule has 0 amide bonds. The van der Waals surface area contributed by atoms with Gasteiger partial charge in [0, 0.05) is 12.8 Å². The van der Waals surface area contributed by atoms with Crippen LogP contribution in [0.15, 0.2) is 48.5 Å². The molecule has 8 nitrogen and oxygen atoms in total. The first-order valence-electron chi connectivity index (χ1n) is 10.2. The maximum Gasteiger partial charge on any atom is 0.508 e. The molecule has 1 aliphatic heterocycles. The zero-order chi connectivity index (χ0) is 22.2. The Morgan fingerprint density at radius 2 is 1.84 bits per heavy atom. The van der Waals surface area contributed by atoms with Crippen molar-refractivity contribution >= 4 is 6.16 Å². The molecule has 4 atom stereocenters. The Balaban J connectivity index is 1.66. The molecule has 0 radical (unpaired) electrons. The predicted octanol–water partition coefficient (Wildman–Crippen LogP) is 2.67. The Kier molecular flexibility index (Phi) is 8.11. The number of rotatable bonds is 8. The first-order chi connectivity index (χ1) is 15.0. The van der Waals surface area contributed by atoms with Crippen molar-refractivity contribution in [1.82, 2.24) is 0 Å². The van der Waals surface area contributed by atoms with Crippen LogP contribution in [0.1, 0.15) is 24.5 Å². The van der Waals surface area contributed by atoms with Crippen LogP contribution in [0.25, 0.3) is 0 Å². The average Bonchev–Trinajstić information content (AvgIpc) is 2.77. The predicted molar refractivity (Wildman–Crippen MR) is 111 cm³/mol. The maximum atomic E-state index is 11.4. The highest BCUT2D eigenvalue weighted by molar-refractivity contribution is 5.59. The summed E-state index contributed by atoms with van der Waals surface area (Å²) in [6.07, 6.45) is -4.19. The third kappa shape index (κ3) is 6.33. The highest BCUT2D eigenvalue weighted by Crippen LogP contribution is 2.28. The van der Waals surface area contributed by atoms with Crippen LogP contribution in [0.2, 0.25) is 0 Å². The average molecular weight is 432 g/mol. The maximum absolute atomic E-state index is 11.4. The minimum atomic E-state index is -1.20. The van der Waals surface area contributed by atoms with E-state index in [1.165, 1.54) is 0 Å². The Bertz CT molecular complexity index is 838. The number of hydrogen-bond donors (Lipinski definition) is 2. The Labute approximate surface area is 181 Å². The smallest absolute Gasteiger partial charge is 0.497 e. The number of carbonyl (C=O) groups excluding carboxylic acids is 1. The summed E-state index contributed by atoms with van der Waals surface area (Å²) >= 11 is 0. The van der Waals surface area contributed by atoms with E-state index in [-0.39, 0.29) is 19.6 Å². The topological polar surface area (TPSA) is 104 Å². The second kappa shape index (κ2) is 11.0. The van der Waals surface area contributed by atoms with Crippen molar-refractivity contribution in [3.63, 3.8) is 0 Å². The standard InChI is InChI=1S/C23H28O8/c1-3-28-23(26)29-14-20-22(25)18(24)13-21(31-20)30-19-7-5-4-6-16(19)12-15-8-10-17(27-2)11-9-15/h4-11,18,20-22,24-25H,3,12-14H2,1-2H3. The van der Waals surface area contributed by atoms with Crippen molar-refractivity contribution in [3.05, 3.63) is 59.7 Å². The molecule has 0 spiro atoms. The second-order valence-corrected chi connectivity index (χ2v) is 7.14. The number of para-hydroxylation sites is 1. The van der Waals surface area contributed by atoms with Crippen LogP contribution in [0.4, 0.5) is 4.79 Å². The molecule has 3 rings (SSSR count). The highest BCUT2D eigenvalue weighted by Gasteiger charge is 2.38. The lowest BCUT2D eigenvalue weighted by molar-refractivity contribution is -0.231. The number of methoxy groups -OCH3 is 1. The van der Waals surface area contributed by atoms with E-state index in [4.69, 9.17) is 23.7 Å². The summed E-state index contributed by atoms with van der Waals surface area (Å²) in [5.41, 5.74) is 2.02. The van der Waals surface area contributed by atoms with Gasteiger partial charge in [0.2, 0.25) is 6.29 Å². The summed E-state index contributed by atoms with van der Waals surface area (Å²) in [4.78, 5) is 11.4. The number of carbonyl (C=O) groups is 1.